The summed E-state index contributed by atoms with van der Waals surface area (Å²) in [5.41, 5.74) is 0.380. The summed E-state index contributed by atoms with van der Waals surface area (Å²) in [5.74, 6) is -0.515. The first-order valence-corrected chi connectivity index (χ1v) is 7.32. The second-order valence-electron chi connectivity index (χ2n) is 4.57. The Morgan fingerprint density at radius 3 is 2.55 bits per heavy atom. The Bertz CT molecular complexity index is 449. The zero-order valence-electron chi connectivity index (χ0n) is 11.7. The zero-order chi connectivity index (χ0) is 14.8. The first-order chi connectivity index (χ1) is 9.65. The van der Waals surface area contributed by atoms with Crippen molar-refractivity contribution < 1.29 is 9.59 Å². The predicted octanol–water partition coefficient (Wildman–Crippen LogP) is 2.77. The standard InChI is InChI=1S/C15H21ClN2O2/c1-2-3-4-7-10-17-14(19)11-18-15(20)12-8-5-6-9-13(12)16/h5-6,8-9H,2-4,7,10-11H2,1H3,(H,17,19)(H,18,20). The van der Waals surface area contributed by atoms with Gasteiger partial charge in [0.25, 0.3) is 5.91 Å². The summed E-state index contributed by atoms with van der Waals surface area (Å²) >= 11 is 5.91. The number of hydrogen-bond donors (Lipinski definition) is 2. The molecule has 0 saturated heterocycles. The Hall–Kier alpha value is -1.55. The molecular formula is C15H21ClN2O2. The average Bonchev–Trinajstić information content (AvgIpc) is 2.45. The van der Waals surface area contributed by atoms with Crippen molar-refractivity contribution in [3.63, 3.8) is 0 Å². The molecule has 0 unspecified atom stereocenters. The number of amides is 2. The highest BCUT2D eigenvalue weighted by atomic mass is 35.5. The highest BCUT2D eigenvalue weighted by molar-refractivity contribution is 6.33. The second kappa shape index (κ2) is 9.37. The third-order valence-corrected chi connectivity index (χ3v) is 3.21. The lowest BCUT2D eigenvalue weighted by Gasteiger charge is -2.07. The van der Waals surface area contributed by atoms with Crippen molar-refractivity contribution >= 4 is 23.4 Å². The van der Waals surface area contributed by atoms with Crippen molar-refractivity contribution in [1.29, 1.82) is 0 Å². The average molecular weight is 297 g/mol. The third kappa shape index (κ3) is 6.06. The number of halogens is 1. The molecule has 0 saturated carbocycles. The van der Waals surface area contributed by atoms with E-state index in [1.807, 2.05) is 0 Å². The molecule has 0 aliphatic heterocycles. The molecule has 0 heterocycles. The predicted molar refractivity (Wildman–Crippen MR) is 80.9 cm³/mol. The Morgan fingerprint density at radius 2 is 1.85 bits per heavy atom. The van der Waals surface area contributed by atoms with Crippen molar-refractivity contribution in [1.82, 2.24) is 10.6 Å². The fourth-order valence-corrected chi connectivity index (χ4v) is 1.96. The molecule has 0 spiro atoms. The molecule has 0 aromatic heterocycles. The van der Waals surface area contributed by atoms with Crippen LogP contribution in [0.2, 0.25) is 5.02 Å². The molecule has 1 aromatic carbocycles. The Kier molecular flexibility index (Phi) is 7.73. The molecule has 110 valence electrons. The molecule has 0 bridgehead atoms. The van der Waals surface area contributed by atoms with Crippen LogP contribution in [-0.4, -0.2) is 24.9 Å². The van der Waals surface area contributed by atoms with Gasteiger partial charge in [-0.2, -0.15) is 0 Å². The zero-order valence-corrected chi connectivity index (χ0v) is 12.5. The molecule has 0 radical (unpaired) electrons. The lowest BCUT2D eigenvalue weighted by Crippen LogP contribution is -2.37. The van der Waals surface area contributed by atoms with Crippen LogP contribution in [0.3, 0.4) is 0 Å². The van der Waals surface area contributed by atoms with Crippen LogP contribution in [0.5, 0.6) is 0 Å². The number of carbonyl (C=O) groups is 2. The number of hydrogen-bond acceptors (Lipinski definition) is 2. The maximum atomic E-state index is 11.8. The number of rotatable bonds is 8. The summed E-state index contributed by atoms with van der Waals surface area (Å²) in [7, 11) is 0. The smallest absolute Gasteiger partial charge is 0.253 e. The minimum atomic E-state index is -0.336. The van der Waals surface area contributed by atoms with Gasteiger partial charge in [-0.25, -0.2) is 0 Å². The van der Waals surface area contributed by atoms with Crippen LogP contribution >= 0.6 is 11.6 Å². The van der Waals surface area contributed by atoms with E-state index in [1.165, 1.54) is 12.8 Å². The molecule has 2 N–H and O–H groups in total. The topological polar surface area (TPSA) is 58.2 Å². The Morgan fingerprint density at radius 1 is 1.10 bits per heavy atom. The van der Waals surface area contributed by atoms with Gasteiger partial charge in [-0.3, -0.25) is 9.59 Å². The van der Waals surface area contributed by atoms with Crippen molar-refractivity contribution in [3.05, 3.63) is 34.9 Å². The van der Waals surface area contributed by atoms with Crippen LogP contribution in [0.1, 0.15) is 43.0 Å². The van der Waals surface area contributed by atoms with Crippen LogP contribution in [0.4, 0.5) is 0 Å². The highest BCUT2D eigenvalue weighted by Crippen LogP contribution is 2.14. The number of carbonyl (C=O) groups excluding carboxylic acids is 2. The molecule has 20 heavy (non-hydrogen) atoms. The number of unbranched alkanes of at least 4 members (excludes halogenated alkanes) is 3. The molecule has 0 atom stereocenters. The maximum absolute atomic E-state index is 11.8. The van der Waals surface area contributed by atoms with Crippen LogP contribution in [-0.2, 0) is 4.79 Å². The van der Waals surface area contributed by atoms with Gasteiger partial charge >= 0.3 is 0 Å². The van der Waals surface area contributed by atoms with Gasteiger partial charge in [0, 0.05) is 6.54 Å². The lowest BCUT2D eigenvalue weighted by atomic mass is 10.2. The van der Waals surface area contributed by atoms with E-state index in [-0.39, 0.29) is 18.4 Å². The van der Waals surface area contributed by atoms with Gasteiger partial charge < -0.3 is 10.6 Å². The second-order valence-corrected chi connectivity index (χ2v) is 4.98. The van der Waals surface area contributed by atoms with Gasteiger partial charge in [-0.1, -0.05) is 49.9 Å². The van der Waals surface area contributed by atoms with E-state index in [9.17, 15) is 9.59 Å². The molecule has 5 heteroatoms. The maximum Gasteiger partial charge on any atom is 0.253 e. The third-order valence-electron chi connectivity index (χ3n) is 2.88. The monoisotopic (exact) mass is 296 g/mol. The molecular weight excluding hydrogens is 276 g/mol. The van der Waals surface area contributed by atoms with Gasteiger partial charge in [0.05, 0.1) is 17.1 Å². The largest absolute Gasteiger partial charge is 0.355 e. The lowest BCUT2D eigenvalue weighted by molar-refractivity contribution is -0.120. The van der Waals surface area contributed by atoms with E-state index in [2.05, 4.69) is 17.6 Å². The Balaban J connectivity index is 2.24. The Labute approximate surface area is 124 Å². The molecule has 1 aromatic rings. The quantitative estimate of drug-likeness (QED) is 0.725. The van der Waals surface area contributed by atoms with E-state index in [0.29, 0.717) is 17.1 Å². The van der Waals surface area contributed by atoms with E-state index < -0.39 is 0 Å². The van der Waals surface area contributed by atoms with Crippen LogP contribution in [0, 0.1) is 0 Å². The van der Waals surface area contributed by atoms with Gasteiger partial charge in [0.2, 0.25) is 5.91 Å². The summed E-state index contributed by atoms with van der Waals surface area (Å²) in [6.45, 7) is 2.77. The first-order valence-electron chi connectivity index (χ1n) is 6.94. The molecule has 4 nitrogen and oxygen atoms in total. The van der Waals surface area contributed by atoms with E-state index in [0.717, 1.165) is 12.8 Å². The SMILES string of the molecule is CCCCCCNC(=O)CNC(=O)c1ccccc1Cl. The van der Waals surface area contributed by atoms with Crippen LogP contribution in [0.25, 0.3) is 0 Å². The summed E-state index contributed by atoms with van der Waals surface area (Å²) in [4.78, 5) is 23.3. The normalized spacial score (nSPS) is 10.1. The fourth-order valence-electron chi connectivity index (χ4n) is 1.74. The number of benzene rings is 1. The summed E-state index contributed by atoms with van der Waals surface area (Å²) in [6.07, 6.45) is 4.43. The molecule has 2 amide bonds. The van der Waals surface area contributed by atoms with Crippen molar-refractivity contribution in [2.24, 2.45) is 0 Å². The number of nitrogens with one attached hydrogen (secondary N) is 2. The van der Waals surface area contributed by atoms with Crippen LogP contribution < -0.4 is 10.6 Å². The van der Waals surface area contributed by atoms with Gasteiger partial charge in [0.15, 0.2) is 0 Å². The molecule has 0 aliphatic rings. The van der Waals surface area contributed by atoms with Gasteiger partial charge in [0.1, 0.15) is 0 Å². The van der Waals surface area contributed by atoms with Crippen molar-refractivity contribution in [2.45, 2.75) is 32.6 Å². The van der Waals surface area contributed by atoms with Crippen molar-refractivity contribution in [2.75, 3.05) is 13.1 Å². The summed E-state index contributed by atoms with van der Waals surface area (Å²) in [5, 5.41) is 5.71. The summed E-state index contributed by atoms with van der Waals surface area (Å²) < 4.78 is 0. The van der Waals surface area contributed by atoms with Crippen LogP contribution in [0.15, 0.2) is 24.3 Å². The molecule has 0 fully saturated rings. The minimum absolute atomic E-state index is 0.0299. The highest BCUT2D eigenvalue weighted by Gasteiger charge is 2.10. The van der Waals surface area contributed by atoms with E-state index in [4.69, 9.17) is 11.6 Å². The minimum Gasteiger partial charge on any atom is -0.355 e. The van der Waals surface area contributed by atoms with E-state index >= 15 is 0 Å². The van der Waals surface area contributed by atoms with E-state index in [1.54, 1.807) is 24.3 Å². The van der Waals surface area contributed by atoms with Gasteiger partial charge in [-0.15, -0.1) is 0 Å². The molecule has 0 aliphatic carbocycles. The van der Waals surface area contributed by atoms with Crippen molar-refractivity contribution in [3.8, 4) is 0 Å². The fraction of sp³-hybridized carbons (Fsp3) is 0.467. The first kappa shape index (κ1) is 16.5. The van der Waals surface area contributed by atoms with Gasteiger partial charge in [-0.05, 0) is 18.6 Å². The summed E-state index contributed by atoms with van der Waals surface area (Å²) in [6, 6.07) is 6.75. The molecule has 1 rings (SSSR count).